The van der Waals surface area contributed by atoms with Crippen molar-refractivity contribution in [3.8, 4) is 0 Å². The van der Waals surface area contributed by atoms with Crippen LogP contribution in [0.4, 0.5) is 0 Å². The summed E-state index contributed by atoms with van der Waals surface area (Å²) in [5.74, 6) is 0. The number of nitrogens with one attached hydrogen (secondary N) is 1. The SMILES string of the molecule is CCCCNC(C)O[N+](=O)[O-]. The van der Waals surface area contributed by atoms with E-state index in [4.69, 9.17) is 0 Å². The average molecular weight is 162 g/mol. The van der Waals surface area contributed by atoms with Crippen molar-refractivity contribution in [2.24, 2.45) is 0 Å². The number of nitrogens with zero attached hydrogens (tertiary/aromatic N) is 1. The zero-order valence-electron chi connectivity index (χ0n) is 6.87. The van der Waals surface area contributed by atoms with Gasteiger partial charge in [0.2, 0.25) is 0 Å². The van der Waals surface area contributed by atoms with Gasteiger partial charge in [0.1, 0.15) is 0 Å². The molecule has 0 spiro atoms. The Morgan fingerprint density at radius 1 is 1.73 bits per heavy atom. The molecular weight excluding hydrogens is 148 g/mol. The number of hydrogen-bond donors (Lipinski definition) is 1. The summed E-state index contributed by atoms with van der Waals surface area (Å²) in [4.78, 5) is 14.0. The van der Waals surface area contributed by atoms with Gasteiger partial charge in [-0.25, -0.2) is 0 Å². The third-order valence-electron chi connectivity index (χ3n) is 1.21. The molecule has 1 atom stereocenters. The van der Waals surface area contributed by atoms with E-state index in [1.54, 1.807) is 6.92 Å². The predicted molar refractivity (Wildman–Crippen MR) is 40.5 cm³/mol. The molecule has 0 rings (SSSR count). The van der Waals surface area contributed by atoms with Gasteiger partial charge in [0.15, 0.2) is 6.23 Å². The zero-order valence-corrected chi connectivity index (χ0v) is 6.87. The van der Waals surface area contributed by atoms with E-state index < -0.39 is 11.3 Å². The summed E-state index contributed by atoms with van der Waals surface area (Å²) in [6.45, 7) is 4.42. The highest BCUT2D eigenvalue weighted by Crippen LogP contribution is 1.88. The molecule has 0 aliphatic heterocycles. The standard InChI is InChI=1S/C6H14N2O3/c1-3-4-5-7-6(2)11-8(9)10/h6-7H,3-5H2,1-2H3. The van der Waals surface area contributed by atoms with Crippen molar-refractivity contribution >= 4 is 0 Å². The van der Waals surface area contributed by atoms with Gasteiger partial charge in [0.05, 0.1) is 0 Å². The second kappa shape index (κ2) is 5.91. The van der Waals surface area contributed by atoms with Crippen LogP contribution >= 0.6 is 0 Å². The zero-order chi connectivity index (χ0) is 8.69. The van der Waals surface area contributed by atoms with Crippen LogP contribution in [0, 0.1) is 10.1 Å². The molecule has 0 heterocycles. The van der Waals surface area contributed by atoms with E-state index in [9.17, 15) is 10.1 Å². The van der Waals surface area contributed by atoms with Crippen LogP contribution in [-0.4, -0.2) is 17.9 Å². The highest BCUT2D eigenvalue weighted by molar-refractivity contribution is 4.45. The largest absolute Gasteiger partial charge is 0.296 e. The molecule has 0 aromatic carbocycles. The minimum Gasteiger partial charge on any atom is -0.295 e. The van der Waals surface area contributed by atoms with Crippen molar-refractivity contribution in [3.63, 3.8) is 0 Å². The Hall–Kier alpha value is -0.840. The van der Waals surface area contributed by atoms with Crippen molar-refractivity contribution in [2.45, 2.75) is 32.9 Å². The van der Waals surface area contributed by atoms with Crippen LogP contribution in [0.3, 0.4) is 0 Å². The maximum Gasteiger partial charge on any atom is 0.296 e. The van der Waals surface area contributed by atoms with Crippen molar-refractivity contribution in [2.75, 3.05) is 6.54 Å². The van der Waals surface area contributed by atoms with Crippen molar-refractivity contribution in [1.29, 1.82) is 0 Å². The summed E-state index contributed by atoms with van der Waals surface area (Å²) in [5, 5.41) is 11.8. The van der Waals surface area contributed by atoms with Crippen molar-refractivity contribution < 1.29 is 9.92 Å². The molecule has 0 saturated carbocycles. The average Bonchev–Trinajstić information content (AvgIpc) is 1.86. The van der Waals surface area contributed by atoms with E-state index in [0.717, 1.165) is 19.4 Å². The molecule has 11 heavy (non-hydrogen) atoms. The molecule has 0 radical (unpaired) electrons. The van der Waals surface area contributed by atoms with Gasteiger partial charge in [-0.15, -0.1) is 10.1 Å². The lowest BCUT2D eigenvalue weighted by Crippen LogP contribution is -2.31. The number of hydrogen-bond acceptors (Lipinski definition) is 4. The van der Waals surface area contributed by atoms with Gasteiger partial charge in [-0.2, -0.15) is 0 Å². The van der Waals surface area contributed by atoms with E-state index in [-0.39, 0.29) is 0 Å². The smallest absolute Gasteiger partial charge is 0.295 e. The van der Waals surface area contributed by atoms with Gasteiger partial charge in [-0.1, -0.05) is 13.3 Å². The molecule has 0 saturated heterocycles. The first-order valence-corrected chi connectivity index (χ1v) is 3.71. The molecule has 5 nitrogen and oxygen atoms in total. The minimum absolute atomic E-state index is 0.503. The monoisotopic (exact) mass is 162 g/mol. The number of rotatable bonds is 6. The first kappa shape index (κ1) is 10.2. The van der Waals surface area contributed by atoms with E-state index in [1.807, 2.05) is 0 Å². The molecule has 5 heteroatoms. The van der Waals surface area contributed by atoms with Crippen LogP contribution in [0.5, 0.6) is 0 Å². The molecule has 66 valence electrons. The molecule has 0 amide bonds. The van der Waals surface area contributed by atoms with Gasteiger partial charge >= 0.3 is 0 Å². The van der Waals surface area contributed by atoms with Gasteiger partial charge < -0.3 is 0 Å². The highest BCUT2D eigenvalue weighted by Gasteiger charge is 2.03. The van der Waals surface area contributed by atoms with Crippen molar-refractivity contribution in [1.82, 2.24) is 5.32 Å². The first-order valence-electron chi connectivity index (χ1n) is 3.71. The molecular formula is C6H14N2O3. The number of unbranched alkanes of at least 4 members (excludes halogenated alkanes) is 1. The third kappa shape index (κ3) is 7.05. The van der Waals surface area contributed by atoms with Gasteiger partial charge in [-0.05, 0) is 19.9 Å². The highest BCUT2D eigenvalue weighted by atomic mass is 17.0. The maximum atomic E-state index is 9.79. The van der Waals surface area contributed by atoms with Gasteiger partial charge in [0.25, 0.3) is 5.09 Å². The molecule has 0 fully saturated rings. The van der Waals surface area contributed by atoms with Crippen LogP contribution in [0.15, 0.2) is 0 Å². The summed E-state index contributed by atoms with van der Waals surface area (Å²) >= 11 is 0. The van der Waals surface area contributed by atoms with E-state index in [1.165, 1.54) is 0 Å². The Morgan fingerprint density at radius 2 is 2.36 bits per heavy atom. The minimum atomic E-state index is -0.788. The lowest BCUT2D eigenvalue weighted by atomic mass is 10.3. The van der Waals surface area contributed by atoms with E-state index in [0.29, 0.717) is 0 Å². The van der Waals surface area contributed by atoms with E-state index in [2.05, 4.69) is 17.1 Å². The summed E-state index contributed by atoms with van der Waals surface area (Å²) in [6.07, 6.45) is 1.57. The molecule has 0 aliphatic rings. The Bertz CT molecular complexity index is 118. The third-order valence-corrected chi connectivity index (χ3v) is 1.21. The second-order valence-electron chi connectivity index (χ2n) is 2.28. The van der Waals surface area contributed by atoms with Gasteiger partial charge in [-0.3, -0.25) is 10.2 Å². The van der Waals surface area contributed by atoms with Crippen LogP contribution in [0.25, 0.3) is 0 Å². The summed E-state index contributed by atoms with van der Waals surface area (Å²) in [7, 11) is 0. The second-order valence-corrected chi connectivity index (χ2v) is 2.28. The quantitative estimate of drug-likeness (QED) is 0.273. The van der Waals surface area contributed by atoms with Gasteiger partial charge in [0, 0.05) is 0 Å². The fourth-order valence-corrected chi connectivity index (χ4v) is 0.648. The topological polar surface area (TPSA) is 64.4 Å². The van der Waals surface area contributed by atoms with Crippen molar-refractivity contribution in [3.05, 3.63) is 10.1 Å². The Kier molecular flexibility index (Phi) is 5.46. The summed E-state index contributed by atoms with van der Waals surface area (Å²) in [6, 6.07) is 0. The normalized spacial score (nSPS) is 12.5. The fraction of sp³-hybridized carbons (Fsp3) is 1.00. The molecule has 0 aromatic rings. The van der Waals surface area contributed by atoms with Crippen LogP contribution in [-0.2, 0) is 4.84 Å². The molecule has 0 aromatic heterocycles. The lowest BCUT2D eigenvalue weighted by Gasteiger charge is -2.09. The molecule has 0 bridgehead atoms. The summed E-state index contributed by atoms with van der Waals surface area (Å²) in [5.41, 5.74) is 0. The van der Waals surface area contributed by atoms with Crippen LogP contribution < -0.4 is 5.32 Å². The first-order chi connectivity index (χ1) is 5.16. The molecule has 0 aliphatic carbocycles. The molecule has 1 unspecified atom stereocenters. The Morgan fingerprint density at radius 3 is 2.82 bits per heavy atom. The summed E-state index contributed by atoms with van der Waals surface area (Å²) < 4.78 is 0. The molecule has 1 N–H and O–H groups in total. The maximum absolute atomic E-state index is 9.79. The lowest BCUT2D eigenvalue weighted by molar-refractivity contribution is -0.769. The fourth-order valence-electron chi connectivity index (χ4n) is 0.648. The Labute approximate surface area is 65.8 Å². The van der Waals surface area contributed by atoms with E-state index >= 15 is 0 Å². The predicted octanol–water partition coefficient (Wildman–Crippen LogP) is 0.930. The Balaban J connectivity index is 3.22. The van der Waals surface area contributed by atoms with Crippen LogP contribution in [0.1, 0.15) is 26.7 Å². The van der Waals surface area contributed by atoms with Crippen LogP contribution in [0.2, 0.25) is 0 Å².